The van der Waals surface area contributed by atoms with E-state index in [4.69, 9.17) is 0 Å². The molecule has 0 atom stereocenters. The van der Waals surface area contributed by atoms with Crippen molar-refractivity contribution >= 4 is 21.8 Å². The highest BCUT2D eigenvalue weighted by Crippen LogP contribution is 2.33. The molecule has 4 heteroatoms. The molecule has 0 spiro atoms. The average Bonchev–Trinajstić information content (AvgIpc) is 2.30. The number of rotatable bonds is 4. The summed E-state index contributed by atoms with van der Waals surface area (Å²) in [6, 6.07) is 6.45. The lowest BCUT2D eigenvalue weighted by Crippen LogP contribution is -2.38. The van der Waals surface area contributed by atoms with Crippen LogP contribution in [0.2, 0.25) is 0 Å². The first kappa shape index (κ1) is 13.5. The minimum atomic E-state index is -0.302. The molecule has 1 aromatic rings. The Balaban J connectivity index is 1.86. The summed E-state index contributed by atoms with van der Waals surface area (Å²) in [6.07, 6.45) is 2.39. The third-order valence-corrected chi connectivity index (χ3v) is 4.18. The van der Waals surface area contributed by atoms with Crippen LogP contribution in [0.5, 0.6) is 0 Å². The van der Waals surface area contributed by atoms with E-state index in [0.29, 0.717) is 16.3 Å². The summed E-state index contributed by atoms with van der Waals surface area (Å²) in [7, 11) is 1.80. The molecule has 0 bridgehead atoms. The zero-order valence-electron chi connectivity index (χ0n) is 10.4. The van der Waals surface area contributed by atoms with Crippen LogP contribution in [0.4, 0.5) is 4.39 Å². The van der Waals surface area contributed by atoms with Gasteiger partial charge in [0.05, 0.1) is 6.42 Å². The summed E-state index contributed by atoms with van der Waals surface area (Å²) in [5.41, 5.74) is 0.473. The molecule has 1 aliphatic carbocycles. The zero-order chi connectivity index (χ0) is 13.1. The number of amides is 1. The first-order valence-corrected chi connectivity index (χ1v) is 7.09. The van der Waals surface area contributed by atoms with Crippen LogP contribution in [0.1, 0.15) is 18.4 Å². The standard InChI is InChI=1S/C14H17BrFNO/c1-17(9-10-6-12(15)7-10)14(18)8-11-4-2-3-5-13(11)16/h2-5,10,12H,6-9H2,1H3. The Morgan fingerprint density at radius 2 is 2.11 bits per heavy atom. The van der Waals surface area contributed by atoms with E-state index < -0.39 is 0 Å². The van der Waals surface area contributed by atoms with Crippen molar-refractivity contribution in [3.05, 3.63) is 35.6 Å². The number of carbonyl (C=O) groups is 1. The first-order valence-electron chi connectivity index (χ1n) is 6.17. The van der Waals surface area contributed by atoms with Crippen molar-refractivity contribution in [1.29, 1.82) is 0 Å². The summed E-state index contributed by atoms with van der Waals surface area (Å²) in [4.78, 5) is 14.3. The van der Waals surface area contributed by atoms with Crippen LogP contribution < -0.4 is 0 Å². The van der Waals surface area contributed by atoms with Gasteiger partial charge < -0.3 is 4.90 Å². The minimum absolute atomic E-state index is 0.0156. The Labute approximate surface area is 115 Å². The van der Waals surface area contributed by atoms with Crippen LogP contribution >= 0.6 is 15.9 Å². The van der Waals surface area contributed by atoms with Gasteiger partial charge in [0.15, 0.2) is 0 Å². The van der Waals surface area contributed by atoms with Crippen molar-refractivity contribution in [2.45, 2.75) is 24.1 Å². The Hall–Kier alpha value is -0.900. The summed E-state index contributed by atoms with van der Waals surface area (Å²) < 4.78 is 13.4. The van der Waals surface area contributed by atoms with Gasteiger partial charge in [-0.05, 0) is 30.4 Å². The second-order valence-corrected chi connectivity index (χ2v) is 6.27. The molecule has 1 aliphatic rings. The van der Waals surface area contributed by atoms with Crippen LogP contribution in [0.25, 0.3) is 0 Å². The molecule has 0 aromatic heterocycles. The molecular formula is C14H17BrFNO. The van der Waals surface area contributed by atoms with E-state index in [0.717, 1.165) is 19.4 Å². The van der Waals surface area contributed by atoms with E-state index in [2.05, 4.69) is 15.9 Å². The summed E-state index contributed by atoms with van der Waals surface area (Å²) in [6.45, 7) is 0.773. The minimum Gasteiger partial charge on any atom is -0.345 e. The van der Waals surface area contributed by atoms with Crippen molar-refractivity contribution < 1.29 is 9.18 Å². The molecule has 0 N–H and O–H groups in total. The average molecular weight is 314 g/mol. The first-order chi connectivity index (χ1) is 8.56. The van der Waals surface area contributed by atoms with Crippen molar-refractivity contribution in [3.63, 3.8) is 0 Å². The highest BCUT2D eigenvalue weighted by atomic mass is 79.9. The largest absolute Gasteiger partial charge is 0.345 e. The van der Waals surface area contributed by atoms with Crippen molar-refractivity contribution in [3.8, 4) is 0 Å². The molecule has 0 saturated heterocycles. The molecule has 98 valence electrons. The van der Waals surface area contributed by atoms with E-state index >= 15 is 0 Å². The second-order valence-electron chi connectivity index (χ2n) is 4.98. The molecule has 0 unspecified atom stereocenters. The number of alkyl halides is 1. The number of halogens is 2. The highest BCUT2D eigenvalue weighted by Gasteiger charge is 2.28. The number of nitrogens with zero attached hydrogens (tertiary/aromatic N) is 1. The maximum absolute atomic E-state index is 13.4. The molecule has 1 aromatic carbocycles. The fourth-order valence-electron chi connectivity index (χ4n) is 2.23. The Kier molecular flexibility index (Phi) is 4.38. The van der Waals surface area contributed by atoms with Crippen molar-refractivity contribution in [1.82, 2.24) is 4.90 Å². The fourth-order valence-corrected chi connectivity index (χ4v) is 3.29. The molecule has 2 nitrogen and oxygen atoms in total. The monoisotopic (exact) mass is 313 g/mol. The van der Waals surface area contributed by atoms with Gasteiger partial charge in [-0.15, -0.1) is 0 Å². The van der Waals surface area contributed by atoms with Gasteiger partial charge in [-0.1, -0.05) is 34.1 Å². The molecule has 18 heavy (non-hydrogen) atoms. The number of hydrogen-bond donors (Lipinski definition) is 0. The van der Waals surface area contributed by atoms with Crippen molar-refractivity contribution in [2.75, 3.05) is 13.6 Å². The smallest absolute Gasteiger partial charge is 0.226 e. The molecule has 0 aliphatic heterocycles. The van der Waals surface area contributed by atoms with E-state index in [1.165, 1.54) is 6.07 Å². The molecule has 2 rings (SSSR count). The number of likely N-dealkylation sites (N-methyl/N-ethyl adjacent to an activating group) is 1. The second kappa shape index (κ2) is 5.83. The predicted octanol–water partition coefficient (Wildman–Crippen LogP) is 3.00. The van der Waals surface area contributed by atoms with Crippen LogP contribution in [0.15, 0.2) is 24.3 Å². The lowest BCUT2D eigenvalue weighted by Gasteiger charge is -2.34. The topological polar surface area (TPSA) is 20.3 Å². The molecule has 1 fully saturated rings. The van der Waals surface area contributed by atoms with Crippen LogP contribution in [-0.2, 0) is 11.2 Å². The lowest BCUT2D eigenvalue weighted by molar-refractivity contribution is -0.130. The SMILES string of the molecule is CN(CC1CC(Br)C1)C(=O)Cc1ccccc1F. The van der Waals surface area contributed by atoms with E-state index in [-0.39, 0.29) is 18.1 Å². The molecule has 0 heterocycles. The summed E-state index contributed by atoms with van der Waals surface area (Å²) in [5.74, 6) is 0.269. The van der Waals surface area contributed by atoms with E-state index in [1.807, 2.05) is 0 Å². The molecule has 0 radical (unpaired) electrons. The van der Waals surface area contributed by atoms with Gasteiger partial charge in [-0.3, -0.25) is 4.79 Å². The quantitative estimate of drug-likeness (QED) is 0.783. The maximum Gasteiger partial charge on any atom is 0.226 e. The van der Waals surface area contributed by atoms with Crippen LogP contribution in [-0.4, -0.2) is 29.2 Å². The highest BCUT2D eigenvalue weighted by molar-refractivity contribution is 9.09. The van der Waals surface area contributed by atoms with Gasteiger partial charge >= 0.3 is 0 Å². The lowest BCUT2D eigenvalue weighted by atomic mass is 9.85. The van der Waals surface area contributed by atoms with Crippen molar-refractivity contribution in [2.24, 2.45) is 5.92 Å². The normalized spacial score (nSPS) is 22.4. The molecular weight excluding hydrogens is 297 g/mol. The Bertz CT molecular complexity index is 432. The van der Waals surface area contributed by atoms with Crippen LogP contribution in [0.3, 0.4) is 0 Å². The zero-order valence-corrected chi connectivity index (χ0v) is 12.0. The predicted molar refractivity (Wildman–Crippen MR) is 73.2 cm³/mol. The number of carbonyl (C=O) groups excluding carboxylic acids is 1. The van der Waals surface area contributed by atoms with Gasteiger partial charge in [-0.25, -0.2) is 4.39 Å². The van der Waals surface area contributed by atoms with Gasteiger partial charge in [0.2, 0.25) is 5.91 Å². The number of hydrogen-bond acceptors (Lipinski definition) is 1. The van der Waals surface area contributed by atoms with E-state index in [1.54, 1.807) is 30.1 Å². The van der Waals surface area contributed by atoms with Gasteiger partial charge in [-0.2, -0.15) is 0 Å². The van der Waals surface area contributed by atoms with Gasteiger partial charge in [0, 0.05) is 18.4 Å². The van der Waals surface area contributed by atoms with Crippen LogP contribution in [0, 0.1) is 11.7 Å². The maximum atomic E-state index is 13.4. The third-order valence-electron chi connectivity index (χ3n) is 3.44. The Morgan fingerprint density at radius 1 is 1.44 bits per heavy atom. The van der Waals surface area contributed by atoms with Gasteiger partial charge in [0.25, 0.3) is 0 Å². The molecule has 1 amide bonds. The Morgan fingerprint density at radius 3 is 2.72 bits per heavy atom. The summed E-state index contributed by atoms with van der Waals surface area (Å²) in [5, 5.41) is 0. The number of benzene rings is 1. The fraction of sp³-hybridized carbons (Fsp3) is 0.500. The third kappa shape index (κ3) is 3.31. The van der Waals surface area contributed by atoms with Gasteiger partial charge in [0.1, 0.15) is 5.82 Å². The summed E-state index contributed by atoms with van der Waals surface area (Å²) >= 11 is 3.54. The van der Waals surface area contributed by atoms with E-state index in [9.17, 15) is 9.18 Å². The molecule has 1 saturated carbocycles.